The maximum absolute atomic E-state index is 11.8. The summed E-state index contributed by atoms with van der Waals surface area (Å²) in [5, 5.41) is 9.61. The van der Waals surface area contributed by atoms with Crippen LogP contribution >= 0.6 is 12.6 Å². The molecule has 18 heavy (non-hydrogen) atoms. The number of aromatic hydroxyl groups is 1. The van der Waals surface area contributed by atoms with Gasteiger partial charge in [-0.25, -0.2) is 4.79 Å². The molecule has 0 saturated heterocycles. The van der Waals surface area contributed by atoms with E-state index in [1.165, 1.54) is 6.07 Å². The number of benzene rings is 2. The van der Waals surface area contributed by atoms with Gasteiger partial charge in [-0.3, -0.25) is 0 Å². The van der Waals surface area contributed by atoms with Gasteiger partial charge < -0.3 is 9.84 Å². The van der Waals surface area contributed by atoms with Crippen molar-refractivity contribution in [3.05, 3.63) is 59.7 Å². The van der Waals surface area contributed by atoms with Crippen molar-refractivity contribution in [2.45, 2.75) is 11.5 Å². The molecule has 2 aromatic rings. The average molecular weight is 260 g/mol. The van der Waals surface area contributed by atoms with Crippen molar-refractivity contribution in [2.24, 2.45) is 0 Å². The fraction of sp³-hybridized carbons (Fsp3) is 0.0714. The third-order valence-corrected chi connectivity index (χ3v) is 2.81. The minimum Gasteiger partial charge on any atom is -0.507 e. The summed E-state index contributed by atoms with van der Waals surface area (Å²) < 4.78 is 5.13. The van der Waals surface area contributed by atoms with Gasteiger partial charge in [-0.15, -0.1) is 12.6 Å². The number of carbonyl (C=O) groups excluding carboxylic acids is 1. The number of hydrogen-bond donors (Lipinski definition) is 2. The Morgan fingerprint density at radius 1 is 1.11 bits per heavy atom. The Morgan fingerprint density at radius 3 is 2.50 bits per heavy atom. The van der Waals surface area contributed by atoms with E-state index >= 15 is 0 Å². The smallest absolute Gasteiger partial charge is 0.343 e. The molecule has 0 aliphatic heterocycles. The zero-order valence-electron chi connectivity index (χ0n) is 9.54. The molecule has 92 valence electrons. The van der Waals surface area contributed by atoms with Crippen molar-refractivity contribution >= 4 is 18.6 Å². The Bertz CT molecular complexity index is 532. The van der Waals surface area contributed by atoms with E-state index in [9.17, 15) is 9.90 Å². The molecule has 0 saturated carbocycles. The highest BCUT2D eigenvalue weighted by molar-refractivity contribution is 7.80. The van der Waals surface area contributed by atoms with Crippen LogP contribution < -0.4 is 0 Å². The van der Waals surface area contributed by atoms with E-state index < -0.39 is 5.97 Å². The van der Waals surface area contributed by atoms with Crippen LogP contribution in [-0.2, 0) is 11.3 Å². The summed E-state index contributed by atoms with van der Waals surface area (Å²) in [5.41, 5.74) is 0.985. The molecule has 2 rings (SSSR count). The third-order valence-electron chi connectivity index (χ3n) is 2.44. The minimum absolute atomic E-state index is 0.0942. The number of phenolic OH excluding ortho intramolecular Hbond substituents is 1. The van der Waals surface area contributed by atoms with Crippen LogP contribution in [0.4, 0.5) is 0 Å². The monoisotopic (exact) mass is 260 g/mol. The maximum Gasteiger partial charge on any atom is 0.343 e. The van der Waals surface area contributed by atoms with Gasteiger partial charge in [0.15, 0.2) is 0 Å². The Labute approximate surface area is 110 Å². The molecule has 2 aromatic carbocycles. The van der Waals surface area contributed by atoms with Gasteiger partial charge in [0.05, 0.1) is 0 Å². The number of hydrogen-bond acceptors (Lipinski definition) is 4. The molecule has 0 heterocycles. The van der Waals surface area contributed by atoms with E-state index in [4.69, 9.17) is 4.74 Å². The lowest BCUT2D eigenvalue weighted by molar-refractivity contribution is 0.0465. The first kappa shape index (κ1) is 12.5. The highest BCUT2D eigenvalue weighted by Crippen LogP contribution is 2.24. The summed E-state index contributed by atoms with van der Waals surface area (Å²) in [6, 6.07) is 14.0. The Kier molecular flexibility index (Phi) is 3.89. The Hall–Kier alpha value is -1.94. The summed E-state index contributed by atoms with van der Waals surface area (Å²) in [5.74, 6) is -0.706. The fourth-order valence-corrected chi connectivity index (χ4v) is 1.82. The van der Waals surface area contributed by atoms with Crippen LogP contribution in [0.1, 0.15) is 15.9 Å². The quantitative estimate of drug-likeness (QED) is 0.658. The molecule has 0 radical (unpaired) electrons. The van der Waals surface area contributed by atoms with Gasteiger partial charge in [-0.2, -0.15) is 0 Å². The van der Waals surface area contributed by atoms with E-state index in [-0.39, 0.29) is 17.9 Å². The molecular formula is C14H12O3S. The molecule has 0 aliphatic rings. The Balaban J connectivity index is 2.09. The van der Waals surface area contributed by atoms with Gasteiger partial charge >= 0.3 is 5.97 Å². The topological polar surface area (TPSA) is 46.5 Å². The Morgan fingerprint density at radius 2 is 1.83 bits per heavy atom. The van der Waals surface area contributed by atoms with Crippen LogP contribution in [-0.4, -0.2) is 11.1 Å². The lowest BCUT2D eigenvalue weighted by atomic mass is 10.2. The van der Waals surface area contributed by atoms with E-state index in [1.807, 2.05) is 30.3 Å². The summed E-state index contributed by atoms with van der Waals surface area (Å²) in [6.45, 7) is 0.168. The van der Waals surface area contributed by atoms with Crippen LogP contribution in [0.25, 0.3) is 0 Å². The predicted molar refractivity (Wildman–Crippen MR) is 70.9 cm³/mol. The van der Waals surface area contributed by atoms with Crippen molar-refractivity contribution in [2.75, 3.05) is 0 Å². The molecule has 0 spiro atoms. The van der Waals surface area contributed by atoms with Crippen molar-refractivity contribution in [1.29, 1.82) is 0 Å². The molecule has 1 N–H and O–H groups in total. The molecule has 0 unspecified atom stereocenters. The molecule has 0 amide bonds. The van der Waals surface area contributed by atoms with Gasteiger partial charge in [0, 0.05) is 4.90 Å². The maximum atomic E-state index is 11.8. The second kappa shape index (κ2) is 5.60. The largest absolute Gasteiger partial charge is 0.507 e. The standard InChI is InChI=1S/C14H12O3S/c15-11-7-4-8-12(18)13(11)14(16)17-9-10-5-2-1-3-6-10/h1-8,15,18H,9H2. The molecule has 3 nitrogen and oxygen atoms in total. The van der Waals surface area contributed by atoms with Crippen LogP contribution in [0.2, 0.25) is 0 Å². The second-order valence-corrected chi connectivity index (χ2v) is 4.21. The first-order valence-electron chi connectivity index (χ1n) is 5.40. The average Bonchev–Trinajstić information content (AvgIpc) is 2.37. The van der Waals surface area contributed by atoms with E-state index in [0.717, 1.165) is 5.56 Å². The van der Waals surface area contributed by atoms with Crippen LogP contribution in [0, 0.1) is 0 Å². The first-order valence-corrected chi connectivity index (χ1v) is 5.85. The van der Waals surface area contributed by atoms with Crippen LogP contribution in [0.15, 0.2) is 53.4 Å². The zero-order valence-corrected chi connectivity index (χ0v) is 10.4. The van der Waals surface area contributed by atoms with E-state index in [1.54, 1.807) is 12.1 Å². The number of esters is 1. The van der Waals surface area contributed by atoms with Gasteiger partial charge in [-0.05, 0) is 17.7 Å². The van der Waals surface area contributed by atoms with Crippen molar-refractivity contribution in [3.8, 4) is 5.75 Å². The number of carbonyl (C=O) groups is 1. The molecule has 0 aromatic heterocycles. The first-order chi connectivity index (χ1) is 8.68. The van der Waals surface area contributed by atoms with E-state index in [2.05, 4.69) is 12.6 Å². The van der Waals surface area contributed by atoms with Crippen molar-refractivity contribution in [1.82, 2.24) is 0 Å². The molecule has 4 heteroatoms. The number of rotatable bonds is 3. The zero-order chi connectivity index (χ0) is 13.0. The fourth-order valence-electron chi connectivity index (χ4n) is 1.53. The van der Waals surface area contributed by atoms with Crippen molar-refractivity contribution < 1.29 is 14.6 Å². The van der Waals surface area contributed by atoms with Gasteiger partial charge in [0.25, 0.3) is 0 Å². The number of ether oxygens (including phenoxy) is 1. The van der Waals surface area contributed by atoms with Crippen molar-refractivity contribution in [3.63, 3.8) is 0 Å². The summed E-state index contributed by atoms with van der Waals surface area (Å²) in [7, 11) is 0. The molecule has 0 atom stereocenters. The van der Waals surface area contributed by atoms with Gasteiger partial charge in [0.1, 0.15) is 17.9 Å². The summed E-state index contributed by atoms with van der Waals surface area (Å²) in [6.07, 6.45) is 0. The lowest BCUT2D eigenvalue weighted by Gasteiger charge is -2.08. The third kappa shape index (κ3) is 2.84. The van der Waals surface area contributed by atoms with E-state index in [0.29, 0.717) is 4.90 Å². The molecule has 0 fully saturated rings. The molecule has 0 aliphatic carbocycles. The van der Waals surface area contributed by atoms with Gasteiger partial charge in [-0.1, -0.05) is 36.4 Å². The van der Waals surface area contributed by atoms with Crippen LogP contribution in [0.5, 0.6) is 5.75 Å². The van der Waals surface area contributed by atoms with Gasteiger partial charge in [0.2, 0.25) is 0 Å². The molecule has 0 bridgehead atoms. The number of thiol groups is 1. The molecular weight excluding hydrogens is 248 g/mol. The second-order valence-electron chi connectivity index (χ2n) is 3.73. The lowest BCUT2D eigenvalue weighted by Crippen LogP contribution is -2.06. The SMILES string of the molecule is O=C(OCc1ccccc1)c1c(O)cccc1S. The minimum atomic E-state index is -0.582. The summed E-state index contributed by atoms with van der Waals surface area (Å²) in [4.78, 5) is 12.2. The predicted octanol–water partition coefficient (Wildman–Crippen LogP) is 3.04. The highest BCUT2D eigenvalue weighted by Gasteiger charge is 2.15. The normalized spacial score (nSPS) is 10.1. The summed E-state index contributed by atoms with van der Waals surface area (Å²) >= 11 is 4.13. The number of phenols is 1. The van der Waals surface area contributed by atoms with Crippen LogP contribution in [0.3, 0.4) is 0 Å². The highest BCUT2D eigenvalue weighted by atomic mass is 32.1.